The Morgan fingerprint density at radius 2 is 1.44 bits per heavy atom. The SMILES string of the molecule is COc1cccc(OC(C)C)c1-c1cc(C)c2c(c1)N(C)c1ccc(Oc3ccccc3)cc1N2C. The van der Waals surface area contributed by atoms with Crippen LogP contribution in [0.1, 0.15) is 19.4 Å². The van der Waals surface area contributed by atoms with Crippen LogP contribution in [-0.4, -0.2) is 27.3 Å². The van der Waals surface area contributed by atoms with Gasteiger partial charge in [-0.1, -0.05) is 24.3 Å². The molecule has 0 aromatic heterocycles. The van der Waals surface area contributed by atoms with Crippen molar-refractivity contribution in [1.82, 2.24) is 0 Å². The molecule has 0 N–H and O–H groups in total. The first-order chi connectivity index (χ1) is 17.4. The highest BCUT2D eigenvalue weighted by Crippen LogP contribution is 2.51. The van der Waals surface area contributed by atoms with Crippen LogP contribution in [-0.2, 0) is 0 Å². The van der Waals surface area contributed by atoms with Crippen molar-refractivity contribution in [1.29, 1.82) is 0 Å². The molecule has 4 aromatic rings. The zero-order chi connectivity index (χ0) is 25.4. The zero-order valence-electron chi connectivity index (χ0n) is 21.7. The number of nitrogens with zero attached hydrogens (tertiary/aromatic N) is 2. The van der Waals surface area contributed by atoms with Gasteiger partial charge in [0.1, 0.15) is 23.0 Å². The maximum Gasteiger partial charge on any atom is 0.131 e. The van der Waals surface area contributed by atoms with Crippen molar-refractivity contribution in [3.8, 4) is 34.1 Å². The molecular formula is C31H32N2O3. The molecule has 1 aliphatic heterocycles. The lowest BCUT2D eigenvalue weighted by Gasteiger charge is -2.38. The number of methoxy groups -OCH3 is 1. The summed E-state index contributed by atoms with van der Waals surface area (Å²) in [6.45, 7) is 6.23. The van der Waals surface area contributed by atoms with E-state index >= 15 is 0 Å². The second kappa shape index (κ2) is 9.50. The predicted octanol–water partition coefficient (Wildman–Crippen LogP) is 8.10. The summed E-state index contributed by atoms with van der Waals surface area (Å²) in [6.07, 6.45) is 0.0579. The number of hydrogen-bond acceptors (Lipinski definition) is 5. The molecule has 36 heavy (non-hydrogen) atoms. The molecule has 0 amide bonds. The number of benzene rings is 4. The third-order valence-corrected chi connectivity index (χ3v) is 6.48. The highest BCUT2D eigenvalue weighted by molar-refractivity contribution is 5.97. The van der Waals surface area contributed by atoms with Gasteiger partial charge in [-0.05, 0) is 80.4 Å². The predicted molar refractivity (Wildman–Crippen MR) is 148 cm³/mol. The summed E-state index contributed by atoms with van der Waals surface area (Å²) in [5, 5.41) is 0. The lowest BCUT2D eigenvalue weighted by atomic mass is 9.96. The normalized spacial score (nSPS) is 12.3. The fourth-order valence-corrected chi connectivity index (χ4v) is 4.91. The Balaban J connectivity index is 1.59. The number of rotatable bonds is 6. The average Bonchev–Trinajstić information content (AvgIpc) is 2.87. The topological polar surface area (TPSA) is 34.2 Å². The van der Waals surface area contributed by atoms with Crippen LogP contribution in [0.5, 0.6) is 23.0 Å². The van der Waals surface area contributed by atoms with Crippen LogP contribution in [0.2, 0.25) is 0 Å². The van der Waals surface area contributed by atoms with Crippen molar-refractivity contribution in [2.75, 3.05) is 31.0 Å². The average molecular weight is 481 g/mol. The summed E-state index contributed by atoms with van der Waals surface area (Å²) in [5.74, 6) is 3.24. The van der Waals surface area contributed by atoms with Gasteiger partial charge in [0.2, 0.25) is 0 Å². The van der Waals surface area contributed by atoms with Crippen molar-refractivity contribution in [2.24, 2.45) is 0 Å². The minimum atomic E-state index is 0.0579. The van der Waals surface area contributed by atoms with Crippen LogP contribution in [0.25, 0.3) is 11.1 Å². The lowest BCUT2D eigenvalue weighted by molar-refractivity contribution is 0.242. The van der Waals surface area contributed by atoms with Crippen molar-refractivity contribution in [2.45, 2.75) is 26.9 Å². The summed E-state index contributed by atoms with van der Waals surface area (Å²) in [4.78, 5) is 4.49. The van der Waals surface area contributed by atoms with Crippen LogP contribution in [0.4, 0.5) is 22.7 Å². The minimum Gasteiger partial charge on any atom is -0.496 e. The molecule has 5 nitrogen and oxygen atoms in total. The molecule has 4 aromatic carbocycles. The first kappa shape index (κ1) is 23.6. The fourth-order valence-electron chi connectivity index (χ4n) is 4.91. The molecule has 0 spiro atoms. The van der Waals surface area contributed by atoms with Crippen molar-refractivity contribution in [3.05, 3.63) is 84.4 Å². The Hall–Kier alpha value is -4.12. The number of ether oxygens (including phenoxy) is 3. The van der Waals surface area contributed by atoms with E-state index < -0.39 is 0 Å². The van der Waals surface area contributed by atoms with Gasteiger partial charge in [0.15, 0.2) is 0 Å². The summed E-state index contributed by atoms with van der Waals surface area (Å²) >= 11 is 0. The molecule has 5 heteroatoms. The van der Waals surface area contributed by atoms with Gasteiger partial charge in [0.05, 0.1) is 41.5 Å². The number of para-hydroxylation sites is 1. The highest BCUT2D eigenvalue weighted by Gasteiger charge is 2.28. The molecule has 0 radical (unpaired) electrons. The molecule has 5 rings (SSSR count). The first-order valence-corrected chi connectivity index (χ1v) is 12.2. The van der Waals surface area contributed by atoms with Crippen LogP contribution in [0, 0.1) is 6.92 Å². The third kappa shape index (κ3) is 4.22. The van der Waals surface area contributed by atoms with Gasteiger partial charge in [0.25, 0.3) is 0 Å². The minimum absolute atomic E-state index is 0.0579. The van der Waals surface area contributed by atoms with Crippen LogP contribution in [0.15, 0.2) is 78.9 Å². The Bertz CT molecular complexity index is 1400. The molecule has 0 fully saturated rings. The van der Waals surface area contributed by atoms with Crippen molar-refractivity contribution in [3.63, 3.8) is 0 Å². The molecule has 0 saturated carbocycles. The summed E-state index contributed by atoms with van der Waals surface area (Å²) in [7, 11) is 5.92. The zero-order valence-corrected chi connectivity index (χ0v) is 21.7. The quantitative estimate of drug-likeness (QED) is 0.278. The Kier molecular flexibility index (Phi) is 6.23. The van der Waals surface area contributed by atoms with E-state index in [0.29, 0.717) is 0 Å². The van der Waals surface area contributed by atoms with Crippen molar-refractivity contribution < 1.29 is 14.2 Å². The van der Waals surface area contributed by atoms with Gasteiger partial charge < -0.3 is 24.0 Å². The van der Waals surface area contributed by atoms with Crippen molar-refractivity contribution >= 4 is 22.7 Å². The van der Waals surface area contributed by atoms with Gasteiger partial charge in [-0.15, -0.1) is 0 Å². The second-order valence-electron chi connectivity index (χ2n) is 9.34. The lowest BCUT2D eigenvalue weighted by Crippen LogP contribution is -2.25. The molecule has 1 aliphatic rings. The summed E-state index contributed by atoms with van der Waals surface area (Å²) in [6, 6.07) is 26.5. The van der Waals surface area contributed by atoms with Crippen LogP contribution in [0.3, 0.4) is 0 Å². The van der Waals surface area contributed by atoms with E-state index in [4.69, 9.17) is 14.2 Å². The third-order valence-electron chi connectivity index (χ3n) is 6.48. The van der Waals surface area contributed by atoms with Gasteiger partial charge in [-0.25, -0.2) is 0 Å². The molecule has 0 unspecified atom stereocenters. The molecule has 0 saturated heterocycles. The van der Waals surface area contributed by atoms with E-state index in [2.05, 4.69) is 55.1 Å². The molecule has 184 valence electrons. The maximum absolute atomic E-state index is 6.17. The first-order valence-electron chi connectivity index (χ1n) is 12.2. The van der Waals surface area contributed by atoms with Gasteiger partial charge >= 0.3 is 0 Å². The number of anilines is 4. The molecule has 0 atom stereocenters. The molecule has 0 bridgehead atoms. The smallest absolute Gasteiger partial charge is 0.131 e. The van der Waals surface area contributed by atoms with Gasteiger partial charge in [0, 0.05) is 20.2 Å². The summed E-state index contributed by atoms with van der Waals surface area (Å²) in [5.41, 5.74) is 7.68. The van der Waals surface area contributed by atoms with E-state index in [0.717, 1.165) is 56.9 Å². The van der Waals surface area contributed by atoms with Crippen LogP contribution >= 0.6 is 0 Å². The number of hydrogen-bond donors (Lipinski definition) is 0. The summed E-state index contributed by atoms with van der Waals surface area (Å²) < 4.78 is 18.0. The Morgan fingerprint density at radius 3 is 2.17 bits per heavy atom. The van der Waals surface area contributed by atoms with E-state index in [-0.39, 0.29) is 6.10 Å². The van der Waals surface area contributed by atoms with E-state index in [9.17, 15) is 0 Å². The monoisotopic (exact) mass is 480 g/mol. The molecule has 1 heterocycles. The number of fused-ring (bicyclic) bond motifs is 2. The standard InChI is InChI=1S/C31H32N2O3/c1-20(2)35-29-14-10-13-28(34-6)30(29)22-17-21(3)31-27(18-22)32(4)25-16-15-24(19-26(25)33(31)5)36-23-11-8-7-9-12-23/h7-20H,1-6H3. The maximum atomic E-state index is 6.17. The largest absolute Gasteiger partial charge is 0.496 e. The van der Waals surface area contributed by atoms with Gasteiger partial charge in [-0.2, -0.15) is 0 Å². The molecular weight excluding hydrogens is 448 g/mol. The van der Waals surface area contributed by atoms with Crippen LogP contribution < -0.4 is 24.0 Å². The Morgan fingerprint density at radius 1 is 0.694 bits per heavy atom. The second-order valence-corrected chi connectivity index (χ2v) is 9.34. The highest BCUT2D eigenvalue weighted by atomic mass is 16.5. The fraction of sp³-hybridized carbons (Fsp3) is 0.226. The Labute approximate surface area is 213 Å². The molecule has 0 aliphatic carbocycles. The van der Waals surface area contributed by atoms with Gasteiger partial charge in [-0.3, -0.25) is 0 Å². The van der Waals surface area contributed by atoms with E-state index in [1.807, 2.05) is 68.4 Å². The van der Waals surface area contributed by atoms with E-state index in [1.165, 1.54) is 5.56 Å². The van der Waals surface area contributed by atoms with E-state index in [1.54, 1.807) is 7.11 Å². The number of aryl methyl sites for hydroxylation is 1.